The van der Waals surface area contributed by atoms with Crippen molar-refractivity contribution in [1.29, 1.82) is 0 Å². The van der Waals surface area contributed by atoms with Crippen molar-refractivity contribution in [3.05, 3.63) is 35.9 Å². The molecule has 0 saturated heterocycles. The normalized spacial score (nSPS) is 24.5. The Morgan fingerprint density at radius 2 is 1.76 bits per heavy atom. The van der Waals surface area contributed by atoms with Crippen molar-refractivity contribution in [2.24, 2.45) is 5.92 Å². The van der Waals surface area contributed by atoms with E-state index in [1.807, 2.05) is 0 Å². The second-order valence-electron chi connectivity index (χ2n) is 7.09. The van der Waals surface area contributed by atoms with Crippen molar-refractivity contribution < 1.29 is 0 Å². The van der Waals surface area contributed by atoms with Crippen molar-refractivity contribution in [3.8, 4) is 0 Å². The van der Waals surface area contributed by atoms with Gasteiger partial charge in [0.15, 0.2) is 0 Å². The van der Waals surface area contributed by atoms with E-state index in [0.29, 0.717) is 23.9 Å². The Kier molecular flexibility index (Phi) is 6.25. The fourth-order valence-corrected chi connectivity index (χ4v) is 3.76. The summed E-state index contributed by atoms with van der Waals surface area (Å²) in [6.45, 7) is 5.74. The lowest BCUT2D eigenvalue weighted by molar-refractivity contribution is 0.206. The Morgan fingerprint density at radius 3 is 2.38 bits per heavy atom. The molecular weight excluding hydrogens is 256 g/mol. The van der Waals surface area contributed by atoms with E-state index in [1.54, 1.807) is 0 Å². The van der Waals surface area contributed by atoms with Crippen LogP contribution >= 0.6 is 0 Å². The average Bonchev–Trinajstić information content (AvgIpc) is 2.48. The first-order chi connectivity index (χ1) is 10.1. The van der Waals surface area contributed by atoms with Crippen molar-refractivity contribution in [2.75, 3.05) is 20.6 Å². The van der Waals surface area contributed by atoms with Gasteiger partial charge in [-0.25, -0.2) is 0 Å². The second kappa shape index (κ2) is 7.95. The van der Waals surface area contributed by atoms with Gasteiger partial charge in [0, 0.05) is 18.6 Å². The summed E-state index contributed by atoms with van der Waals surface area (Å²) < 4.78 is 0. The largest absolute Gasteiger partial charge is 0.312 e. The van der Waals surface area contributed by atoms with E-state index >= 15 is 0 Å². The molecule has 2 heteroatoms. The molecule has 0 radical (unpaired) electrons. The predicted molar refractivity (Wildman–Crippen MR) is 91.8 cm³/mol. The van der Waals surface area contributed by atoms with E-state index in [2.05, 4.69) is 68.5 Å². The van der Waals surface area contributed by atoms with Crippen LogP contribution in [0.5, 0.6) is 0 Å². The number of nitrogens with zero attached hydrogens (tertiary/aromatic N) is 1. The van der Waals surface area contributed by atoms with Gasteiger partial charge in [-0.3, -0.25) is 0 Å². The fourth-order valence-electron chi connectivity index (χ4n) is 3.76. The minimum atomic E-state index is 0.614. The number of hydrogen-bond acceptors (Lipinski definition) is 2. The van der Waals surface area contributed by atoms with Crippen LogP contribution in [0.1, 0.15) is 51.0 Å². The van der Waals surface area contributed by atoms with Crippen LogP contribution in [0.25, 0.3) is 0 Å². The Labute approximate surface area is 130 Å². The highest BCUT2D eigenvalue weighted by atomic mass is 15.1. The molecular formula is C19H32N2. The Morgan fingerprint density at radius 1 is 1.10 bits per heavy atom. The van der Waals surface area contributed by atoms with Gasteiger partial charge in [-0.05, 0) is 44.3 Å². The van der Waals surface area contributed by atoms with Crippen LogP contribution in [0, 0.1) is 5.92 Å². The van der Waals surface area contributed by atoms with Crippen LogP contribution in [-0.2, 0) is 0 Å². The van der Waals surface area contributed by atoms with E-state index in [-0.39, 0.29) is 0 Å². The molecule has 0 aliphatic heterocycles. The van der Waals surface area contributed by atoms with Gasteiger partial charge in [-0.1, -0.05) is 57.0 Å². The lowest BCUT2D eigenvalue weighted by Crippen LogP contribution is -2.47. The molecule has 1 N–H and O–H groups in total. The third-order valence-electron chi connectivity index (χ3n) is 5.02. The van der Waals surface area contributed by atoms with Crippen molar-refractivity contribution >= 4 is 0 Å². The molecule has 1 aromatic rings. The summed E-state index contributed by atoms with van der Waals surface area (Å²) in [5.41, 5.74) is 1.51. The Bertz CT molecular complexity index is 391. The molecule has 0 bridgehead atoms. The predicted octanol–water partition coefficient (Wildman–Crippen LogP) is 3.89. The molecule has 1 aliphatic carbocycles. The van der Waals surface area contributed by atoms with Crippen LogP contribution in [0.2, 0.25) is 0 Å². The SMILES string of the molecule is CC(C)C(CNC1CCCCC1c1ccccc1)N(C)C. The summed E-state index contributed by atoms with van der Waals surface area (Å²) in [6, 6.07) is 12.3. The quantitative estimate of drug-likeness (QED) is 0.854. The van der Waals surface area contributed by atoms with E-state index in [1.165, 1.54) is 31.2 Å². The molecule has 1 aliphatic rings. The second-order valence-corrected chi connectivity index (χ2v) is 7.09. The highest BCUT2D eigenvalue weighted by Crippen LogP contribution is 2.33. The van der Waals surface area contributed by atoms with Gasteiger partial charge >= 0.3 is 0 Å². The monoisotopic (exact) mass is 288 g/mol. The first-order valence-electron chi connectivity index (χ1n) is 8.54. The lowest BCUT2D eigenvalue weighted by Gasteiger charge is -2.36. The maximum Gasteiger partial charge on any atom is 0.0237 e. The van der Waals surface area contributed by atoms with Gasteiger partial charge in [0.05, 0.1) is 0 Å². The van der Waals surface area contributed by atoms with Gasteiger partial charge in [0.25, 0.3) is 0 Å². The van der Waals surface area contributed by atoms with Crippen molar-refractivity contribution in [2.45, 2.75) is 57.5 Å². The molecule has 118 valence electrons. The smallest absolute Gasteiger partial charge is 0.0237 e. The number of rotatable bonds is 6. The summed E-state index contributed by atoms with van der Waals surface area (Å²) in [6.07, 6.45) is 5.39. The molecule has 3 unspecified atom stereocenters. The third-order valence-corrected chi connectivity index (χ3v) is 5.02. The van der Waals surface area contributed by atoms with Gasteiger partial charge in [0.2, 0.25) is 0 Å². The summed E-state index contributed by atoms with van der Waals surface area (Å²) in [5, 5.41) is 3.89. The zero-order valence-corrected chi connectivity index (χ0v) is 14.2. The van der Waals surface area contributed by atoms with Crippen LogP contribution in [0.15, 0.2) is 30.3 Å². The van der Waals surface area contributed by atoms with Crippen LogP contribution < -0.4 is 5.32 Å². The molecule has 1 aromatic carbocycles. The number of benzene rings is 1. The fraction of sp³-hybridized carbons (Fsp3) is 0.684. The zero-order valence-electron chi connectivity index (χ0n) is 14.2. The standard InChI is InChI=1S/C19H32N2/c1-15(2)19(21(3)4)14-20-18-13-9-8-12-17(18)16-10-6-5-7-11-16/h5-7,10-11,15,17-20H,8-9,12-14H2,1-4H3. The summed E-state index contributed by atoms with van der Waals surface area (Å²) >= 11 is 0. The van der Waals surface area contributed by atoms with Gasteiger partial charge in [-0.2, -0.15) is 0 Å². The maximum atomic E-state index is 3.89. The molecule has 3 atom stereocenters. The highest BCUT2D eigenvalue weighted by Gasteiger charge is 2.27. The van der Waals surface area contributed by atoms with Gasteiger partial charge < -0.3 is 10.2 Å². The van der Waals surface area contributed by atoms with E-state index in [4.69, 9.17) is 0 Å². The van der Waals surface area contributed by atoms with E-state index in [0.717, 1.165) is 6.54 Å². The first-order valence-corrected chi connectivity index (χ1v) is 8.54. The number of likely N-dealkylation sites (N-methyl/N-ethyl adjacent to an activating group) is 1. The van der Waals surface area contributed by atoms with E-state index in [9.17, 15) is 0 Å². The van der Waals surface area contributed by atoms with Gasteiger partial charge in [0.1, 0.15) is 0 Å². The molecule has 2 rings (SSSR count). The molecule has 1 saturated carbocycles. The molecule has 2 nitrogen and oxygen atoms in total. The number of nitrogens with one attached hydrogen (secondary N) is 1. The summed E-state index contributed by atoms with van der Waals surface area (Å²) in [5.74, 6) is 1.38. The molecule has 0 spiro atoms. The van der Waals surface area contributed by atoms with Crippen LogP contribution in [-0.4, -0.2) is 37.6 Å². The topological polar surface area (TPSA) is 15.3 Å². The number of hydrogen-bond donors (Lipinski definition) is 1. The lowest BCUT2D eigenvalue weighted by atomic mass is 9.80. The molecule has 0 aromatic heterocycles. The molecule has 0 amide bonds. The Balaban J connectivity index is 1.99. The van der Waals surface area contributed by atoms with E-state index < -0.39 is 0 Å². The van der Waals surface area contributed by atoms with Crippen molar-refractivity contribution in [1.82, 2.24) is 10.2 Å². The molecule has 1 fully saturated rings. The third kappa shape index (κ3) is 4.55. The Hall–Kier alpha value is -0.860. The summed E-state index contributed by atoms with van der Waals surface area (Å²) in [7, 11) is 4.39. The van der Waals surface area contributed by atoms with Crippen molar-refractivity contribution in [3.63, 3.8) is 0 Å². The average molecular weight is 288 g/mol. The molecule has 21 heavy (non-hydrogen) atoms. The maximum absolute atomic E-state index is 3.89. The summed E-state index contributed by atoms with van der Waals surface area (Å²) in [4.78, 5) is 2.36. The van der Waals surface area contributed by atoms with Gasteiger partial charge in [-0.15, -0.1) is 0 Å². The minimum absolute atomic E-state index is 0.614. The van der Waals surface area contributed by atoms with Crippen LogP contribution in [0.4, 0.5) is 0 Å². The minimum Gasteiger partial charge on any atom is -0.312 e. The van der Waals surface area contributed by atoms with Crippen LogP contribution in [0.3, 0.4) is 0 Å². The highest BCUT2D eigenvalue weighted by molar-refractivity contribution is 5.22. The first kappa shape index (κ1) is 16.5. The zero-order chi connectivity index (χ0) is 15.2. The molecule has 0 heterocycles.